The van der Waals surface area contributed by atoms with E-state index >= 15 is 0 Å². The van der Waals surface area contributed by atoms with Crippen molar-refractivity contribution in [3.8, 4) is 0 Å². The zero-order chi connectivity index (χ0) is 13.9. The average Bonchev–Trinajstić information content (AvgIpc) is 2.88. The molecule has 0 aliphatic carbocycles. The predicted octanol–water partition coefficient (Wildman–Crippen LogP) is 3.16. The Balaban J connectivity index is 2.06. The lowest BCUT2D eigenvalue weighted by atomic mass is 9.92. The first-order valence-corrected chi connectivity index (χ1v) is 7.68. The van der Waals surface area contributed by atoms with E-state index in [1.54, 1.807) is 0 Å². The van der Waals surface area contributed by atoms with Gasteiger partial charge < -0.3 is 10.6 Å². The van der Waals surface area contributed by atoms with E-state index in [0.717, 1.165) is 35.8 Å². The normalized spacial score (nSPS) is 24.2. The van der Waals surface area contributed by atoms with Crippen molar-refractivity contribution < 1.29 is 4.79 Å². The van der Waals surface area contributed by atoms with E-state index in [0.29, 0.717) is 0 Å². The molecule has 1 aromatic carbocycles. The number of benzene rings is 1. The topological polar surface area (TPSA) is 41.1 Å². The third-order valence-corrected chi connectivity index (χ3v) is 4.47. The summed E-state index contributed by atoms with van der Waals surface area (Å²) >= 11 is 3.46. The zero-order valence-corrected chi connectivity index (χ0v) is 13.1. The Kier molecular flexibility index (Phi) is 4.63. The van der Waals surface area contributed by atoms with E-state index in [1.165, 1.54) is 0 Å². The van der Waals surface area contributed by atoms with E-state index in [9.17, 15) is 4.79 Å². The molecule has 2 N–H and O–H groups in total. The molecule has 0 saturated carbocycles. The summed E-state index contributed by atoms with van der Waals surface area (Å²) in [5, 5.41) is 6.50. The highest BCUT2D eigenvalue weighted by molar-refractivity contribution is 9.10. The van der Waals surface area contributed by atoms with Crippen molar-refractivity contribution in [2.24, 2.45) is 0 Å². The lowest BCUT2D eigenvalue weighted by Crippen LogP contribution is -2.53. The Bertz CT molecular complexity index is 455. The van der Waals surface area contributed by atoms with Crippen LogP contribution in [0.25, 0.3) is 0 Å². The molecule has 1 saturated heterocycles. The van der Waals surface area contributed by atoms with Gasteiger partial charge in [-0.05, 0) is 50.4 Å². The fraction of sp³-hybridized carbons (Fsp3) is 0.533. The van der Waals surface area contributed by atoms with Gasteiger partial charge >= 0.3 is 0 Å². The van der Waals surface area contributed by atoms with Crippen molar-refractivity contribution in [2.75, 3.05) is 6.54 Å². The number of hydrogen-bond acceptors (Lipinski definition) is 2. The highest BCUT2D eigenvalue weighted by Gasteiger charge is 2.39. The van der Waals surface area contributed by atoms with Gasteiger partial charge in [-0.1, -0.05) is 35.0 Å². The molecule has 0 bridgehead atoms. The molecule has 2 atom stereocenters. The maximum atomic E-state index is 12.5. The summed E-state index contributed by atoms with van der Waals surface area (Å²) in [5.74, 6) is 0.125. The largest absolute Gasteiger partial charge is 0.348 e. The number of carbonyl (C=O) groups is 1. The first-order valence-electron chi connectivity index (χ1n) is 6.89. The fourth-order valence-corrected chi connectivity index (χ4v) is 3.07. The molecule has 1 unspecified atom stereocenters. The molecule has 1 aliphatic rings. The summed E-state index contributed by atoms with van der Waals surface area (Å²) in [4.78, 5) is 12.5. The van der Waals surface area contributed by atoms with Crippen LogP contribution in [0.1, 0.15) is 44.7 Å². The second-order valence-electron chi connectivity index (χ2n) is 5.22. The molecule has 0 radical (unpaired) electrons. The molecule has 1 fully saturated rings. The summed E-state index contributed by atoms with van der Waals surface area (Å²) < 4.78 is 1.04. The van der Waals surface area contributed by atoms with Crippen LogP contribution in [-0.2, 0) is 4.79 Å². The second kappa shape index (κ2) is 6.06. The van der Waals surface area contributed by atoms with Crippen LogP contribution in [0.3, 0.4) is 0 Å². The van der Waals surface area contributed by atoms with Crippen LogP contribution in [0.5, 0.6) is 0 Å². The Morgan fingerprint density at radius 3 is 2.95 bits per heavy atom. The van der Waals surface area contributed by atoms with Crippen molar-refractivity contribution in [3.63, 3.8) is 0 Å². The maximum Gasteiger partial charge on any atom is 0.240 e. The van der Waals surface area contributed by atoms with Crippen LogP contribution in [0.2, 0.25) is 0 Å². The highest BCUT2D eigenvalue weighted by Crippen LogP contribution is 2.25. The van der Waals surface area contributed by atoms with E-state index in [2.05, 4.69) is 33.5 Å². The lowest BCUT2D eigenvalue weighted by Gasteiger charge is -2.28. The summed E-state index contributed by atoms with van der Waals surface area (Å²) in [7, 11) is 0. The van der Waals surface area contributed by atoms with E-state index in [1.807, 2.05) is 31.2 Å². The number of nitrogens with one attached hydrogen (secondary N) is 2. The van der Waals surface area contributed by atoms with Gasteiger partial charge in [0.15, 0.2) is 0 Å². The summed E-state index contributed by atoms with van der Waals surface area (Å²) in [5.41, 5.74) is 0.757. The van der Waals surface area contributed by atoms with Crippen molar-refractivity contribution in [1.82, 2.24) is 10.6 Å². The van der Waals surface area contributed by atoms with Crippen molar-refractivity contribution in [2.45, 2.75) is 44.7 Å². The minimum absolute atomic E-state index is 0.0239. The summed E-state index contributed by atoms with van der Waals surface area (Å²) in [6, 6.07) is 8.09. The Morgan fingerprint density at radius 2 is 2.37 bits per heavy atom. The van der Waals surface area contributed by atoms with Crippen LogP contribution in [0.15, 0.2) is 28.7 Å². The van der Waals surface area contributed by atoms with Gasteiger partial charge in [-0.15, -0.1) is 0 Å². The van der Waals surface area contributed by atoms with Gasteiger partial charge in [-0.3, -0.25) is 4.79 Å². The third-order valence-electron chi connectivity index (χ3n) is 3.98. The number of amides is 1. The van der Waals surface area contributed by atoms with Gasteiger partial charge in [-0.25, -0.2) is 0 Å². The molecule has 2 rings (SSSR count). The van der Waals surface area contributed by atoms with Crippen LogP contribution in [0, 0.1) is 0 Å². The first kappa shape index (κ1) is 14.5. The molecular weight excluding hydrogens is 304 g/mol. The molecular formula is C15H21BrN2O. The van der Waals surface area contributed by atoms with Crippen LogP contribution in [0.4, 0.5) is 0 Å². The molecule has 0 spiro atoms. The number of hydrogen-bond donors (Lipinski definition) is 2. The Labute approximate surface area is 123 Å². The van der Waals surface area contributed by atoms with Gasteiger partial charge in [-0.2, -0.15) is 0 Å². The van der Waals surface area contributed by atoms with Gasteiger partial charge in [0.25, 0.3) is 0 Å². The lowest BCUT2D eigenvalue weighted by molar-refractivity contribution is -0.128. The van der Waals surface area contributed by atoms with E-state index in [-0.39, 0.29) is 17.5 Å². The second-order valence-corrected chi connectivity index (χ2v) is 6.13. The summed E-state index contributed by atoms with van der Waals surface area (Å²) in [6.07, 6.45) is 2.84. The van der Waals surface area contributed by atoms with Gasteiger partial charge in [0.2, 0.25) is 5.91 Å². The van der Waals surface area contributed by atoms with Gasteiger partial charge in [0, 0.05) is 4.47 Å². The number of carbonyl (C=O) groups excluding carboxylic acids is 1. The Hall–Kier alpha value is -0.870. The minimum atomic E-state index is -0.361. The number of rotatable bonds is 4. The molecule has 3 nitrogen and oxygen atoms in total. The quantitative estimate of drug-likeness (QED) is 0.893. The molecule has 19 heavy (non-hydrogen) atoms. The van der Waals surface area contributed by atoms with E-state index in [4.69, 9.17) is 0 Å². The zero-order valence-electron chi connectivity index (χ0n) is 11.5. The molecule has 1 heterocycles. The maximum absolute atomic E-state index is 12.5. The minimum Gasteiger partial charge on any atom is -0.348 e. The monoisotopic (exact) mass is 324 g/mol. The number of halogens is 1. The molecule has 0 aromatic heterocycles. The van der Waals surface area contributed by atoms with E-state index < -0.39 is 0 Å². The van der Waals surface area contributed by atoms with Crippen molar-refractivity contribution in [3.05, 3.63) is 34.3 Å². The Morgan fingerprint density at radius 1 is 1.58 bits per heavy atom. The fourth-order valence-electron chi connectivity index (χ4n) is 2.66. The molecule has 4 heteroatoms. The predicted molar refractivity (Wildman–Crippen MR) is 81.0 cm³/mol. The van der Waals surface area contributed by atoms with Crippen LogP contribution in [-0.4, -0.2) is 18.0 Å². The highest BCUT2D eigenvalue weighted by atomic mass is 79.9. The average molecular weight is 325 g/mol. The van der Waals surface area contributed by atoms with Gasteiger partial charge in [0.1, 0.15) is 0 Å². The molecule has 1 aromatic rings. The first-order chi connectivity index (χ1) is 9.07. The standard InChI is InChI=1S/C15H21BrN2O/c1-3-15(8-5-9-17-15)14(19)18-11(2)12-6-4-7-13(16)10-12/h4,6-7,10-11,17H,3,5,8-9H2,1-2H3,(H,18,19)/t11-,15?/m1/s1. The summed E-state index contributed by atoms with van der Waals surface area (Å²) in [6.45, 7) is 5.03. The van der Waals surface area contributed by atoms with Crippen molar-refractivity contribution in [1.29, 1.82) is 0 Å². The SMILES string of the molecule is CCC1(C(=O)N[C@H](C)c2cccc(Br)c2)CCCN1. The molecule has 1 aliphatic heterocycles. The van der Waals surface area contributed by atoms with Crippen molar-refractivity contribution >= 4 is 21.8 Å². The third kappa shape index (κ3) is 3.18. The smallest absolute Gasteiger partial charge is 0.240 e. The molecule has 104 valence electrons. The molecule has 1 amide bonds. The van der Waals surface area contributed by atoms with Crippen LogP contribution < -0.4 is 10.6 Å². The van der Waals surface area contributed by atoms with Crippen LogP contribution >= 0.6 is 15.9 Å². The van der Waals surface area contributed by atoms with Gasteiger partial charge in [0.05, 0.1) is 11.6 Å².